The van der Waals surface area contributed by atoms with Gasteiger partial charge in [0.25, 0.3) is 0 Å². The molecule has 1 aromatic carbocycles. The van der Waals surface area contributed by atoms with Crippen molar-refractivity contribution in [3.8, 4) is 16.6 Å². The van der Waals surface area contributed by atoms with E-state index in [-0.39, 0.29) is 0 Å². The van der Waals surface area contributed by atoms with Gasteiger partial charge in [-0.2, -0.15) is 10.4 Å². The van der Waals surface area contributed by atoms with Gasteiger partial charge in [0, 0.05) is 12.6 Å². The number of aromatic nitrogens is 2. The molecule has 106 valence electrons. The minimum absolute atomic E-state index is 0.371. The number of nitriles is 1. The van der Waals surface area contributed by atoms with Crippen molar-refractivity contribution in [2.24, 2.45) is 12.0 Å². The number of aryl methyl sites for hydroxylation is 1. The maximum atomic E-state index is 8.84. The van der Waals surface area contributed by atoms with Gasteiger partial charge in [0.1, 0.15) is 5.01 Å². The van der Waals surface area contributed by atoms with Crippen molar-refractivity contribution < 1.29 is 0 Å². The molecule has 21 heavy (non-hydrogen) atoms. The Balaban J connectivity index is 1.91. The Bertz CT molecular complexity index is 759. The van der Waals surface area contributed by atoms with Crippen LogP contribution >= 0.6 is 11.3 Å². The van der Waals surface area contributed by atoms with Crippen LogP contribution in [0.2, 0.25) is 0 Å². The van der Waals surface area contributed by atoms with Crippen LogP contribution in [-0.2, 0) is 7.05 Å². The normalized spacial score (nSPS) is 18.7. The summed E-state index contributed by atoms with van der Waals surface area (Å²) in [6.07, 6.45) is 7.67. The summed E-state index contributed by atoms with van der Waals surface area (Å²) in [6.45, 7) is 0. The van der Waals surface area contributed by atoms with Gasteiger partial charge in [-0.15, -0.1) is 0 Å². The lowest BCUT2D eigenvalue weighted by Gasteiger charge is -2.11. The average Bonchev–Trinajstić information content (AvgIpc) is 2.89. The summed E-state index contributed by atoms with van der Waals surface area (Å²) in [5.74, 6) is 0. The van der Waals surface area contributed by atoms with E-state index in [9.17, 15) is 0 Å². The summed E-state index contributed by atoms with van der Waals surface area (Å²) in [4.78, 5) is 5.77. The number of nitrogens with zero attached hydrogens (tertiary/aromatic N) is 4. The van der Waals surface area contributed by atoms with Gasteiger partial charge in [-0.1, -0.05) is 35.6 Å². The summed E-state index contributed by atoms with van der Waals surface area (Å²) in [5.41, 5.74) is 1.69. The third kappa shape index (κ3) is 3.11. The third-order valence-electron chi connectivity index (χ3n) is 3.50. The molecule has 0 N–H and O–H groups in total. The van der Waals surface area contributed by atoms with Gasteiger partial charge in [-0.25, -0.2) is 4.68 Å². The minimum atomic E-state index is 0.371. The van der Waals surface area contributed by atoms with Crippen molar-refractivity contribution in [1.82, 2.24) is 9.78 Å². The Morgan fingerprint density at radius 2 is 2.14 bits per heavy atom. The van der Waals surface area contributed by atoms with Crippen LogP contribution in [0.5, 0.6) is 0 Å². The second-order valence-corrected chi connectivity index (χ2v) is 6.03. The van der Waals surface area contributed by atoms with Crippen molar-refractivity contribution in [1.29, 1.82) is 5.26 Å². The first-order valence-corrected chi connectivity index (χ1v) is 7.81. The van der Waals surface area contributed by atoms with E-state index in [0.717, 1.165) is 34.6 Å². The molecule has 0 aliphatic heterocycles. The van der Waals surface area contributed by atoms with Crippen molar-refractivity contribution in [3.05, 3.63) is 46.8 Å². The fraction of sp³-hybridized carbons (Fsp3) is 0.312. The molecule has 3 rings (SSSR count). The van der Waals surface area contributed by atoms with Crippen LogP contribution in [0.4, 0.5) is 0 Å². The molecule has 4 nitrogen and oxygen atoms in total. The van der Waals surface area contributed by atoms with Gasteiger partial charge in [-0.3, -0.25) is 4.99 Å². The predicted molar refractivity (Wildman–Crippen MR) is 83.6 cm³/mol. The van der Waals surface area contributed by atoms with Crippen molar-refractivity contribution in [2.45, 2.75) is 25.3 Å². The molecule has 1 aliphatic carbocycles. The van der Waals surface area contributed by atoms with E-state index in [2.05, 4.69) is 23.3 Å². The lowest BCUT2D eigenvalue weighted by molar-refractivity contribution is 0.580. The molecule has 0 radical (unpaired) electrons. The van der Waals surface area contributed by atoms with E-state index in [1.165, 1.54) is 0 Å². The van der Waals surface area contributed by atoms with Gasteiger partial charge < -0.3 is 0 Å². The SMILES string of the molecule is Cn1nc(-c2ccc(C#N)cc2)sc1=NC1CC=CCC1. The average molecular weight is 296 g/mol. The zero-order valence-corrected chi connectivity index (χ0v) is 12.7. The van der Waals surface area contributed by atoms with Crippen LogP contribution in [0.25, 0.3) is 10.6 Å². The van der Waals surface area contributed by atoms with Crippen LogP contribution in [-0.4, -0.2) is 15.8 Å². The summed E-state index contributed by atoms with van der Waals surface area (Å²) in [5, 5.41) is 14.3. The largest absolute Gasteiger partial charge is 0.254 e. The van der Waals surface area contributed by atoms with Crippen molar-refractivity contribution in [3.63, 3.8) is 0 Å². The van der Waals surface area contributed by atoms with Crippen LogP contribution in [0.3, 0.4) is 0 Å². The first-order valence-electron chi connectivity index (χ1n) is 7.00. The van der Waals surface area contributed by atoms with Gasteiger partial charge in [0.15, 0.2) is 0 Å². The predicted octanol–water partition coefficient (Wildman–Crippen LogP) is 3.03. The number of benzene rings is 1. The van der Waals surface area contributed by atoms with E-state index in [1.807, 2.05) is 36.0 Å². The Morgan fingerprint density at radius 3 is 2.81 bits per heavy atom. The molecule has 2 aromatic rings. The number of hydrogen-bond acceptors (Lipinski definition) is 4. The lowest BCUT2D eigenvalue weighted by Crippen LogP contribution is -2.17. The van der Waals surface area contributed by atoms with E-state index in [4.69, 9.17) is 10.3 Å². The number of hydrogen-bond donors (Lipinski definition) is 0. The fourth-order valence-corrected chi connectivity index (χ4v) is 3.28. The van der Waals surface area contributed by atoms with E-state index < -0.39 is 0 Å². The minimum Gasteiger partial charge on any atom is -0.254 e. The zero-order valence-electron chi connectivity index (χ0n) is 11.9. The Labute approximate surface area is 127 Å². The fourth-order valence-electron chi connectivity index (χ4n) is 2.32. The molecule has 1 aromatic heterocycles. The molecule has 1 aliphatic rings. The maximum Gasteiger partial charge on any atom is 0.203 e. The molecule has 0 amide bonds. The monoisotopic (exact) mass is 296 g/mol. The molecule has 1 atom stereocenters. The summed E-state index contributed by atoms with van der Waals surface area (Å²) >= 11 is 1.60. The Morgan fingerprint density at radius 1 is 1.33 bits per heavy atom. The lowest BCUT2D eigenvalue weighted by atomic mass is 10.0. The van der Waals surface area contributed by atoms with Gasteiger partial charge in [-0.05, 0) is 31.4 Å². The number of rotatable bonds is 2. The van der Waals surface area contributed by atoms with Crippen molar-refractivity contribution in [2.75, 3.05) is 0 Å². The quantitative estimate of drug-likeness (QED) is 0.800. The van der Waals surface area contributed by atoms with Crippen LogP contribution in [0, 0.1) is 11.3 Å². The zero-order chi connectivity index (χ0) is 14.7. The molecular formula is C16H16N4S. The summed E-state index contributed by atoms with van der Waals surface area (Å²) in [7, 11) is 1.93. The Kier molecular flexibility index (Phi) is 3.98. The molecule has 0 fully saturated rings. The highest BCUT2D eigenvalue weighted by atomic mass is 32.1. The summed E-state index contributed by atoms with van der Waals surface area (Å²) in [6, 6.07) is 10.0. The van der Waals surface area contributed by atoms with E-state index in [1.54, 1.807) is 11.3 Å². The van der Waals surface area contributed by atoms with Gasteiger partial charge >= 0.3 is 0 Å². The molecule has 0 bridgehead atoms. The van der Waals surface area contributed by atoms with Crippen LogP contribution in [0.15, 0.2) is 41.4 Å². The first kappa shape index (κ1) is 13.8. The molecule has 1 unspecified atom stereocenters. The summed E-state index contributed by atoms with van der Waals surface area (Å²) < 4.78 is 1.84. The molecule has 5 heteroatoms. The Hall–Kier alpha value is -2.19. The second kappa shape index (κ2) is 6.06. The highest BCUT2D eigenvalue weighted by Crippen LogP contribution is 2.20. The second-order valence-electron chi connectivity index (χ2n) is 5.07. The van der Waals surface area contributed by atoms with E-state index in [0.29, 0.717) is 11.6 Å². The topological polar surface area (TPSA) is 54.0 Å². The van der Waals surface area contributed by atoms with Gasteiger partial charge in [0.05, 0.1) is 17.7 Å². The number of allylic oxidation sites excluding steroid dienone is 1. The third-order valence-corrected chi connectivity index (χ3v) is 4.56. The first-order chi connectivity index (χ1) is 10.3. The smallest absolute Gasteiger partial charge is 0.203 e. The standard InChI is InChI=1S/C16H16N4S/c1-20-16(18-14-5-3-2-4-6-14)21-15(19-20)13-9-7-12(11-17)8-10-13/h2-3,7-10,14H,4-6H2,1H3. The molecule has 1 heterocycles. The molecule has 0 saturated heterocycles. The molecule has 0 spiro atoms. The molecule has 0 saturated carbocycles. The van der Waals surface area contributed by atoms with Crippen LogP contribution in [0.1, 0.15) is 24.8 Å². The highest BCUT2D eigenvalue weighted by Gasteiger charge is 2.10. The maximum absolute atomic E-state index is 8.84. The molecular weight excluding hydrogens is 280 g/mol. The van der Waals surface area contributed by atoms with E-state index >= 15 is 0 Å². The van der Waals surface area contributed by atoms with Crippen molar-refractivity contribution >= 4 is 11.3 Å². The highest BCUT2D eigenvalue weighted by molar-refractivity contribution is 7.12. The van der Waals surface area contributed by atoms with Crippen LogP contribution < -0.4 is 4.80 Å². The van der Waals surface area contributed by atoms with Gasteiger partial charge in [0.2, 0.25) is 4.80 Å².